The molecule has 1 saturated heterocycles. The van der Waals surface area contributed by atoms with E-state index in [-0.39, 0.29) is 11.9 Å². The van der Waals surface area contributed by atoms with Gasteiger partial charge in [0.2, 0.25) is 0 Å². The highest BCUT2D eigenvalue weighted by Gasteiger charge is 2.30. The summed E-state index contributed by atoms with van der Waals surface area (Å²) in [5.41, 5.74) is 0.851. The van der Waals surface area contributed by atoms with Gasteiger partial charge in [0.05, 0.1) is 25.7 Å². The average Bonchev–Trinajstić information content (AvgIpc) is 2.30. The van der Waals surface area contributed by atoms with Gasteiger partial charge in [-0.25, -0.2) is 0 Å². The molecule has 0 bridgehead atoms. The lowest BCUT2D eigenvalue weighted by atomic mass is 9.88. The molecule has 1 atom stereocenters. The van der Waals surface area contributed by atoms with Crippen molar-refractivity contribution in [2.24, 2.45) is 5.92 Å². The lowest BCUT2D eigenvalue weighted by Crippen LogP contribution is -2.31. The van der Waals surface area contributed by atoms with Crippen LogP contribution in [0.5, 0.6) is 0 Å². The standard InChI is InChI=1S/C14H17ClO3/c1-2-18-14(16)12(7-10-8-17-9-10)11-5-3-4-6-13(11)15/h3-6,10,12H,2,7-9H2,1H3. The van der Waals surface area contributed by atoms with Crippen LogP contribution in [0, 0.1) is 5.92 Å². The summed E-state index contributed by atoms with van der Waals surface area (Å²) in [5, 5.41) is 0.621. The molecule has 4 heteroatoms. The Labute approximate surface area is 112 Å². The molecular formula is C14H17ClO3. The van der Waals surface area contributed by atoms with Crippen molar-refractivity contribution in [3.05, 3.63) is 34.9 Å². The monoisotopic (exact) mass is 268 g/mol. The molecule has 1 aliphatic rings. The van der Waals surface area contributed by atoms with E-state index in [4.69, 9.17) is 21.1 Å². The van der Waals surface area contributed by atoms with E-state index in [1.54, 1.807) is 6.07 Å². The summed E-state index contributed by atoms with van der Waals surface area (Å²) in [5.74, 6) is -0.0549. The van der Waals surface area contributed by atoms with E-state index in [9.17, 15) is 4.79 Å². The molecule has 1 aromatic rings. The first-order chi connectivity index (χ1) is 8.72. The molecule has 1 fully saturated rings. The van der Waals surface area contributed by atoms with Gasteiger partial charge in [-0.1, -0.05) is 29.8 Å². The first-order valence-electron chi connectivity index (χ1n) is 6.21. The second-order valence-corrected chi connectivity index (χ2v) is 4.87. The molecule has 1 aliphatic heterocycles. The molecule has 0 aromatic heterocycles. The van der Waals surface area contributed by atoms with Crippen molar-refractivity contribution in [3.8, 4) is 0 Å². The number of rotatable bonds is 5. The summed E-state index contributed by atoms with van der Waals surface area (Å²) >= 11 is 6.17. The fraction of sp³-hybridized carbons (Fsp3) is 0.500. The molecule has 1 aromatic carbocycles. The van der Waals surface area contributed by atoms with Gasteiger partial charge in [0.25, 0.3) is 0 Å². The third-order valence-electron chi connectivity index (χ3n) is 3.13. The SMILES string of the molecule is CCOC(=O)C(CC1COC1)c1ccccc1Cl. The summed E-state index contributed by atoms with van der Waals surface area (Å²) < 4.78 is 10.3. The van der Waals surface area contributed by atoms with Crippen molar-refractivity contribution in [2.75, 3.05) is 19.8 Å². The van der Waals surface area contributed by atoms with Gasteiger partial charge in [-0.15, -0.1) is 0 Å². The van der Waals surface area contributed by atoms with Crippen LogP contribution in [0.3, 0.4) is 0 Å². The average molecular weight is 269 g/mol. The zero-order valence-corrected chi connectivity index (χ0v) is 11.2. The minimum atomic E-state index is -0.285. The largest absolute Gasteiger partial charge is 0.466 e. The minimum absolute atomic E-state index is 0.197. The maximum absolute atomic E-state index is 12.0. The Balaban J connectivity index is 2.17. The quantitative estimate of drug-likeness (QED) is 0.770. The number of benzene rings is 1. The highest BCUT2D eigenvalue weighted by Crippen LogP contribution is 2.32. The zero-order valence-electron chi connectivity index (χ0n) is 10.4. The fourth-order valence-corrected chi connectivity index (χ4v) is 2.37. The molecule has 3 nitrogen and oxygen atoms in total. The molecule has 0 amide bonds. The van der Waals surface area contributed by atoms with Gasteiger partial charge in [-0.05, 0) is 25.0 Å². The molecule has 0 spiro atoms. The van der Waals surface area contributed by atoms with Crippen LogP contribution < -0.4 is 0 Å². The maximum Gasteiger partial charge on any atom is 0.313 e. The molecule has 1 unspecified atom stereocenters. The topological polar surface area (TPSA) is 35.5 Å². The van der Waals surface area contributed by atoms with Crippen LogP contribution in [0.4, 0.5) is 0 Å². The highest BCUT2D eigenvalue weighted by molar-refractivity contribution is 6.31. The summed E-state index contributed by atoms with van der Waals surface area (Å²) in [6.45, 7) is 3.65. The van der Waals surface area contributed by atoms with Gasteiger partial charge < -0.3 is 9.47 Å². The summed E-state index contributed by atoms with van der Waals surface area (Å²) in [4.78, 5) is 12.0. The number of hydrogen-bond donors (Lipinski definition) is 0. The van der Waals surface area contributed by atoms with Crippen LogP contribution in [0.1, 0.15) is 24.8 Å². The Morgan fingerprint density at radius 2 is 2.22 bits per heavy atom. The first kappa shape index (κ1) is 13.4. The highest BCUT2D eigenvalue weighted by atomic mass is 35.5. The van der Waals surface area contributed by atoms with E-state index in [1.165, 1.54) is 0 Å². The Bertz CT molecular complexity index is 415. The van der Waals surface area contributed by atoms with Crippen LogP contribution >= 0.6 is 11.6 Å². The molecule has 0 radical (unpaired) electrons. The molecule has 18 heavy (non-hydrogen) atoms. The Kier molecular flexibility index (Phi) is 4.61. The second kappa shape index (κ2) is 6.21. The van der Waals surface area contributed by atoms with Gasteiger partial charge in [-0.2, -0.15) is 0 Å². The summed E-state index contributed by atoms with van der Waals surface area (Å²) in [6, 6.07) is 7.45. The third kappa shape index (κ3) is 3.03. The van der Waals surface area contributed by atoms with E-state index >= 15 is 0 Å². The fourth-order valence-electron chi connectivity index (χ4n) is 2.10. The number of hydrogen-bond acceptors (Lipinski definition) is 3. The number of esters is 1. The lowest BCUT2D eigenvalue weighted by Gasteiger charge is -2.29. The zero-order chi connectivity index (χ0) is 13.0. The third-order valence-corrected chi connectivity index (χ3v) is 3.47. The molecular weight excluding hydrogens is 252 g/mol. The normalized spacial score (nSPS) is 17.0. The Morgan fingerprint density at radius 1 is 1.50 bits per heavy atom. The van der Waals surface area contributed by atoms with Crippen molar-refractivity contribution in [1.82, 2.24) is 0 Å². The summed E-state index contributed by atoms with van der Waals surface area (Å²) in [6.07, 6.45) is 0.739. The van der Waals surface area contributed by atoms with Crippen molar-refractivity contribution in [2.45, 2.75) is 19.3 Å². The number of ether oxygens (including phenoxy) is 2. The van der Waals surface area contributed by atoms with E-state index in [0.717, 1.165) is 25.2 Å². The lowest BCUT2D eigenvalue weighted by molar-refractivity contribution is -0.146. The van der Waals surface area contributed by atoms with Gasteiger partial charge >= 0.3 is 5.97 Å². The van der Waals surface area contributed by atoms with Crippen LogP contribution in [0.25, 0.3) is 0 Å². The van der Waals surface area contributed by atoms with Crippen LogP contribution in [-0.2, 0) is 14.3 Å². The number of carbonyl (C=O) groups is 1. The molecule has 1 heterocycles. The van der Waals surface area contributed by atoms with Gasteiger partial charge in [0.15, 0.2) is 0 Å². The minimum Gasteiger partial charge on any atom is -0.466 e. The van der Waals surface area contributed by atoms with Crippen LogP contribution in [0.2, 0.25) is 5.02 Å². The smallest absolute Gasteiger partial charge is 0.313 e. The van der Waals surface area contributed by atoms with E-state index in [0.29, 0.717) is 17.5 Å². The van der Waals surface area contributed by atoms with E-state index in [1.807, 2.05) is 25.1 Å². The molecule has 98 valence electrons. The first-order valence-corrected chi connectivity index (χ1v) is 6.59. The predicted octanol–water partition coefficient (Wildman–Crippen LogP) is 3.02. The van der Waals surface area contributed by atoms with Crippen LogP contribution in [0.15, 0.2) is 24.3 Å². The number of carbonyl (C=O) groups excluding carboxylic acids is 1. The predicted molar refractivity (Wildman–Crippen MR) is 69.8 cm³/mol. The van der Waals surface area contributed by atoms with Crippen molar-refractivity contribution >= 4 is 17.6 Å². The molecule has 0 N–H and O–H groups in total. The second-order valence-electron chi connectivity index (χ2n) is 4.47. The van der Waals surface area contributed by atoms with Gasteiger partial charge in [-0.3, -0.25) is 4.79 Å². The Hall–Kier alpha value is -1.06. The maximum atomic E-state index is 12.0. The summed E-state index contributed by atoms with van der Waals surface area (Å²) in [7, 11) is 0. The molecule has 2 rings (SSSR count). The van der Waals surface area contributed by atoms with Crippen molar-refractivity contribution < 1.29 is 14.3 Å². The van der Waals surface area contributed by atoms with Crippen molar-refractivity contribution in [3.63, 3.8) is 0 Å². The van der Waals surface area contributed by atoms with Gasteiger partial charge in [0.1, 0.15) is 0 Å². The van der Waals surface area contributed by atoms with Crippen molar-refractivity contribution in [1.29, 1.82) is 0 Å². The van der Waals surface area contributed by atoms with Crippen LogP contribution in [-0.4, -0.2) is 25.8 Å². The molecule has 0 aliphatic carbocycles. The molecule has 0 saturated carbocycles. The Morgan fingerprint density at radius 3 is 2.78 bits per heavy atom. The van der Waals surface area contributed by atoms with Gasteiger partial charge in [0, 0.05) is 10.9 Å². The van der Waals surface area contributed by atoms with E-state index < -0.39 is 0 Å². The number of halogens is 1. The van der Waals surface area contributed by atoms with E-state index in [2.05, 4.69) is 0 Å².